The summed E-state index contributed by atoms with van der Waals surface area (Å²) >= 11 is 0. The van der Waals surface area contributed by atoms with Crippen LogP contribution in [0.25, 0.3) is 0 Å². The first kappa shape index (κ1) is 13.0. The highest BCUT2D eigenvalue weighted by molar-refractivity contribution is 5.80. The fourth-order valence-corrected chi connectivity index (χ4v) is 2.14. The summed E-state index contributed by atoms with van der Waals surface area (Å²) in [5, 5.41) is 0. The van der Waals surface area contributed by atoms with Gasteiger partial charge in [-0.25, -0.2) is 0 Å². The lowest BCUT2D eigenvalue weighted by atomic mass is 10.1. The number of aromatic nitrogens is 1. The van der Waals surface area contributed by atoms with Crippen molar-refractivity contribution in [3.63, 3.8) is 0 Å². The number of ether oxygens (including phenoxy) is 1. The minimum Gasteiger partial charge on any atom is -0.368 e. The third kappa shape index (κ3) is 3.53. The molecule has 2 rings (SSSR count). The van der Waals surface area contributed by atoms with Crippen molar-refractivity contribution in [3.8, 4) is 0 Å². The molecule has 0 radical (unpaired) electrons. The van der Waals surface area contributed by atoms with E-state index in [1.807, 2.05) is 19.2 Å². The fourth-order valence-electron chi connectivity index (χ4n) is 2.14. The monoisotopic (exact) mass is 248 g/mol. The van der Waals surface area contributed by atoms with Crippen molar-refractivity contribution in [2.24, 2.45) is 0 Å². The van der Waals surface area contributed by atoms with E-state index in [1.165, 1.54) is 5.56 Å². The molecule has 2 heterocycles. The molecule has 1 aliphatic rings. The normalized spacial score (nSPS) is 19.5. The molecule has 1 aromatic heterocycles. The Morgan fingerprint density at radius 1 is 1.44 bits per heavy atom. The number of amides is 1. The van der Waals surface area contributed by atoms with Gasteiger partial charge < -0.3 is 9.64 Å². The molecule has 1 amide bonds. The lowest BCUT2D eigenvalue weighted by Crippen LogP contribution is -2.40. The Balaban J connectivity index is 1.80. The van der Waals surface area contributed by atoms with E-state index in [4.69, 9.17) is 4.74 Å². The Morgan fingerprint density at radius 2 is 2.22 bits per heavy atom. The van der Waals surface area contributed by atoms with Gasteiger partial charge in [0.05, 0.1) is 0 Å². The second-order valence-electron chi connectivity index (χ2n) is 4.72. The summed E-state index contributed by atoms with van der Waals surface area (Å²) < 4.78 is 5.51. The standard InChI is InChI=1S/C14H20N2O2/c1-16(10-7-12-5-8-15-9-6-12)14(17)13-4-2-3-11-18-13/h5-6,8-9,13H,2-4,7,10-11H2,1H3. The molecule has 4 heteroatoms. The highest BCUT2D eigenvalue weighted by Crippen LogP contribution is 2.14. The predicted octanol–water partition coefficient (Wildman–Crippen LogP) is 1.65. The van der Waals surface area contributed by atoms with E-state index in [0.29, 0.717) is 6.61 Å². The number of pyridine rings is 1. The van der Waals surface area contributed by atoms with Crippen LogP contribution in [-0.4, -0.2) is 42.1 Å². The van der Waals surface area contributed by atoms with Crippen LogP contribution in [0.2, 0.25) is 0 Å². The van der Waals surface area contributed by atoms with Crippen LogP contribution in [0, 0.1) is 0 Å². The molecule has 1 aromatic rings. The number of carbonyl (C=O) groups excluding carboxylic acids is 1. The van der Waals surface area contributed by atoms with Crippen molar-refractivity contribution in [3.05, 3.63) is 30.1 Å². The van der Waals surface area contributed by atoms with E-state index in [2.05, 4.69) is 4.98 Å². The summed E-state index contributed by atoms with van der Waals surface area (Å²) in [6.45, 7) is 1.44. The maximum atomic E-state index is 12.1. The largest absolute Gasteiger partial charge is 0.368 e. The molecule has 1 unspecified atom stereocenters. The molecule has 98 valence electrons. The first-order valence-corrected chi connectivity index (χ1v) is 6.53. The smallest absolute Gasteiger partial charge is 0.251 e. The molecule has 1 aliphatic heterocycles. The van der Waals surface area contributed by atoms with Gasteiger partial charge in [0.25, 0.3) is 5.91 Å². The highest BCUT2D eigenvalue weighted by Gasteiger charge is 2.24. The molecule has 1 atom stereocenters. The van der Waals surface area contributed by atoms with Gasteiger partial charge in [-0.15, -0.1) is 0 Å². The minimum atomic E-state index is -0.221. The average molecular weight is 248 g/mol. The molecule has 0 N–H and O–H groups in total. The molecule has 18 heavy (non-hydrogen) atoms. The van der Waals surface area contributed by atoms with Gasteiger partial charge in [-0.2, -0.15) is 0 Å². The van der Waals surface area contributed by atoms with Crippen LogP contribution in [0.5, 0.6) is 0 Å². The lowest BCUT2D eigenvalue weighted by Gasteiger charge is -2.26. The quantitative estimate of drug-likeness (QED) is 0.813. The molecule has 1 saturated heterocycles. The maximum Gasteiger partial charge on any atom is 0.251 e. The van der Waals surface area contributed by atoms with Crippen molar-refractivity contribution in [2.75, 3.05) is 20.2 Å². The fraction of sp³-hybridized carbons (Fsp3) is 0.571. The number of nitrogens with zero attached hydrogens (tertiary/aromatic N) is 2. The summed E-state index contributed by atoms with van der Waals surface area (Å²) in [6, 6.07) is 3.96. The van der Waals surface area contributed by atoms with Gasteiger partial charge in [0, 0.05) is 32.6 Å². The van der Waals surface area contributed by atoms with Crippen LogP contribution in [0.1, 0.15) is 24.8 Å². The third-order valence-electron chi connectivity index (χ3n) is 3.32. The van der Waals surface area contributed by atoms with Gasteiger partial charge in [-0.3, -0.25) is 9.78 Å². The Labute approximate surface area is 108 Å². The van der Waals surface area contributed by atoms with Crippen molar-refractivity contribution in [2.45, 2.75) is 31.8 Å². The summed E-state index contributed by atoms with van der Waals surface area (Å²) in [4.78, 5) is 17.9. The van der Waals surface area contributed by atoms with E-state index in [-0.39, 0.29) is 12.0 Å². The number of hydrogen-bond donors (Lipinski definition) is 0. The summed E-state index contributed by atoms with van der Waals surface area (Å²) in [5.41, 5.74) is 1.20. The van der Waals surface area contributed by atoms with E-state index in [9.17, 15) is 4.79 Å². The topological polar surface area (TPSA) is 42.4 Å². The molecule has 0 aromatic carbocycles. The van der Waals surface area contributed by atoms with Crippen LogP contribution in [0.4, 0.5) is 0 Å². The third-order valence-corrected chi connectivity index (χ3v) is 3.32. The summed E-state index contributed by atoms with van der Waals surface area (Å²) in [6.07, 6.45) is 7.22. The van der Waals surface area contributed by atoms with Gasteiger partial charge in [0.1, 0.15) is 6.10 Å². The Morgan fingerprint density at radius 3 is 2.89 bits per heavy atom. The Bertz CT molecular complexity index is 375. The van der Waals surface area contributed by atoms with Gasteiger partial charge in [-0.1, -0.05) is 0 Å². The van der Waals surface area contributed by atoms with Crippen molar-refractivity contribution in [1.29, 1.82) is 0 Å². The van der Waals surface area contributed by atoms with Gasteiger partial charge in [0.2, 0.25) is 0 Å². The lowest BCUT2D eigenvalue weighted by molar-refractivity contribution is -0.145. The number of carbonyl (C=O) groups is 1. The zero-order chi connectivity index (χ0) is 12.8. The van der Waals surface area contributed by atoms with E-state index < -0.39 is 0 Å². The number of likely N-dealkylation sites (N-methyl/N-ethyl adjacent to an activating group) is 1. The van der Waals surface area contributed by atoms with Crippen LogP contribution in [0.3, 0.4) is 0 Å². The van der Waals surface area contributed by atoms with Crippen molar-refractivity contribution >= 4 is 5.91 Å². The van der Waals surface area contributed by atoms with Crippen LogP contribution in [0.15, 0.2) is 24.5 Å². The van der Waals surface area contributed by atoms with Crippen molar-refractivity contribution in [1.82, 2.24) is 9.88 Å². The van der Waals surface area contributed by atoms with E-state index in [1.54, 1.807) is 17.3 Å². The Kier molecular flexibility index (Phi) is 4.70. The maximum absolute atomic E-state index is 12.1. The predicted molar refractivity (Wildman–Crippen MR) is 69.2 cm³/mol. The molecule has 0 bridgehead atoms. The van der Waals surface area contributed by atoms with Gasteiger partial charge in [-0.05, 0) is 43.4 Å². The zero-order valence-electron chi connectivity index (χ0n) is 10.8. The van der Waals surface area contributed by atoms with Crippen LogP contribution < -0.4 is 0 Å². The van der Waals surface area contributed by atoms with Crippen molar-refractivity contribution < 1.29 is 9.53 Å². The van der Waals surface area contributed by atoms with Gasteiger partial charge in [0.15, 0.2) is 0 Å². The number of rotatable bonds is 4. The highest BCUT2D eigenvalue weighted by atomic mass is 16.5. The summed E-state index contributed by atoms with van der Waals surface area (Å²) in [5.74, 6) is 0.115. The molecule has 4 nitrogen and oxygen atoms in total. The van der Waals surface area contributed by atoms with E-state index in [0.717, 1.165) is 32.2 Å². The second kappa shape index (κ2) is 6.50. The average Bonchev–Trinajstić information content (AvgIpc) is 2.46. The second-order valence-corrected chi connectivity index (χ2v) is 4.72. The molecule has 1 fully saturated rings. The SMILES string of the molecule is CN(CCc1ccncc1)C(=O)C1CCCCO1. The molecule has 0 aliphatic carbocycles. The zero-order valence-corrected chi connectivity index (χ0v) is 10.8. The molecular weight excluding hydrogens is 228 g/mol. The molecule has 0 saturated carbocycles. The number of hydrogen-bond acceptors (Lipinski definition) is 3. The Hall–Kier alpha value is -1.42. The summed E-state index contributed by atoms with van der Waals surface area (Å²) in [7, 11) is 1.85. The first-order valence-electron chi connectivity index (χ1n) is 6.53. The van der Waals surface area contributed by atoms with Gasteiger partial charge >= 0.3 is 0 Å². The first-order chi connectivity index (χ1) is 8.77. The van der Waals surface area contributed by atoms with Crippen LogP contribution >= 0.6 is 0 Å². The van der Waals surface area contributed by atoms with E-state index >= 15 is 0 Å². The minimum absolute atomic E-state index is 0.115. The molecule has 0 spiro atoms. The van der Waals surface area contributed by atoms with Crippen LogP contribution in [-0.2, 0) is 16.0 Å². The molecular formula is C14H20N2O2.